The second-order valence-corrected chi connectivity index (χ2v) is 5.90. The smallest absolute Gasteiger partial charge is 0.253 e. The third-order valence-electron chi connectivity index (χ3n) is 4.71. The van der Waals surface area contributed by atoms with Gasteiger partial charge in [0.2, 0.25) is 0 Å². The summed E-state index contributed by atoms with van der Waals surface area (Å²) in [4.78, 5) is 16.5. The molecule has 1 aliphatic heterocycles. The first-order valence-corrected chi connectivity index (χ1v) is 7.81. The fourth-order valence-electron chi connectivity index (χ4n) is 2.77. The number of benzene rings is 1. The van der Waals surface area contributed by atoms with E-state index in [0.29, 0.717) is 31.5 Å². The number of anilines is 1. The molecular weight excluding hydrogens is 280 g/mol. The minimum absolute atomic E-state index is 0.00355. The molecule has 2 rings (SSSR count). The zero-order valence-electron chi connectivity index (χ0n) is 13.7. The number of rotatable bonds is 5. The first-order valence-electron chi connectivity index (χ1n) is 7.81. The minimum Gasteiger partial charge on any atom is -0.393 e. The van der Waals surface area contributed by atoms with Gasteiger partial charge in [-0.1, -0.05) is 0 Å². The van der Waals surface area contributed by atoms with Gasteiger partial charge in [0.25, 0.3) is 5.91 Å². The van der Waals surface area contributed by atoms with Gasteiger partial charge in [0.15, 0.2) is 0 Å². The lowest BCUT2D eigenvalue weighted by Crippen LogP contribution is -2.49. The second kappa shape index (κ2) is 7.11. The molecule has 1 amide bonds. The van der Waals surface area contributed by atoms with Crippen LogP contribution in [-0.4, -0.2) is 61.9 Å². The summed E-state index contributed by atoms with van der Waals surface area (Å²) in [6.45, 7) is 4.26. The molecular formula is C17H26N2O3. The fourth-order valence-corrected chi connectivity index (χ4v) is 2.77. The number of aliphatic hydroxyl groups is 1. The van der Waals surface area contributed by atoms with E-state index in [4.69, 9.17) is 4.74 Å². The van der Waals surface area contributed by atoms with Crippen LogP contribution in [0, 0.1) is 0 Å². The van der Waals surface area contributed by atoms with Gasteiger partial charge in [0.05, 0.1) is 12.2 Å². The molecule has 0 aliphatic carbocycles. The number of piperidine rings is 1. The molecule has 1 aliphatic rings. The van der Waals surface area contributed by atoms with Crippen molar-refractivity contribution in [3.63, 3.8) is 0 Å². The number of carbonyl (C=O) groups is 1. The van der Waals surface area contributed by atoms with Gasteiger partial charge in [0, 0.05) is 45.0 Å². The van der Waals surface area contributed by atoms with Crippen LogP contribution in [0.25, 0.3) is 0 Å². The quantitative estimate of drug-likeness (QED) is 0.900. The number of nitrogens with zero attached hydrogens (tertiary/aromatic N) is 2. The van der Waals surface area contributed by atoms with Crippen molar-refractivity contribution < 1.29 is 14.6 Å². The van der Waals surface area contributed by atoms with E-state index in [9.17, 15) is 9.90 Å². The van der Waals surface area contributed by atoms with Crippen molar-refractivity contribution in [1.82, 2.24) is 4.90 Å². The lowest BCUT2D eigenvalue weighted by Gasteiger charge is -2.39. The van der Waals surface area contributed by atoms with Crippen LogP contribution in [0.3, 0.4) is 0 Å². The normalized spacial score (nSPS) is 17.4. The van der Waals surface area contributed by atoms with E-state index in [2.05, 4.69) is 11.8 Å². The average molecular weight is 306 g/mol. The molecule has 0 radical (unpaired) electrons. The Kier molecular flexibility index (Phi) is 5.42. The van der Waals surface area contributed by atoms with Crippen molar-refractivity contribution in [2.45, 2.75) is 25.4 Å². The maximum atomic E-state index is 12.5. The second-order valence-electron chi connectivity index (χ2n) is 5.90. The third-order valence-corrected chi connectivity index (χ3v) is 4.71. The monoisotopic (exact) mass is 306 g/mol. The Hall–Kier alpha value is -1.59. The highest BCUT2D eigenvalue weighted by Crippen LogP contribution is 2.26. The van der Waals surface area contributed by atoms with Crippen molar-refractivity contribution in [1.29, 1.82) is 0 Å². The highest BCUT2D eigenvalue weighted by Gasteiger charge is 2.35. The van der Waals surface area contributed by atoms with E-state index in [1.807, 2.05) is 36.2 Å². The molecule has 0 aromatic heterocycles. The molecule has 1 fully saturated rings. The maximum Gasteiger partial charge on any atom is 0.253 e. The van der Waals surface area contributed by atoms with Crippen LogP contribution in [0.5, 0.6) is 0 Å². The highest BCUT2D eigenvalue weighted by atomic mass is 16.5. The molecule has 0 spiro atoms. The predicted octanol–water partition coefficient (Wildman–Crippen LogP) is 1.76. The standard InChI is InChI=1S/C17H26N2O3/c1-4-18(2)15-7-5-14(6-8-15)16(21)19-11-9-17(13-20,22-3)10-12-19/h5-8,20H,4,9-13H2,1-3H3. The van der Waals surface area contributed by atoms with Crippen LogP contribution < -0.4 is 4.90 Å². The SMILES string of the molecule is CCN(C)c1ccc(C(=O)N2CCC(CO)(OC)CC2)cc1. The number of carbonyl (C=O) groups excluding carboxylic acids is 1. The molecule has 1 aromatic carbocycles. The van der Waals surface area contributed by atoms with E-state index < -0.39 is 5.60 Å². The summed E-state index contributed by atoms with van der Waals surface area (Å²) < 4.78 is 5.42. The first-order chi connectivity index (χ1) is 10.5. The van der Waals surface area contributed by atoms with E-state index in [0.717, 1.165) is 12.2 Å². The molecule has 22 heavy (non-hydrogen) atoms. The Labute approximate surface area is 132 Å². The lowest BCUT2D eigenvalue weighted by atomic mass is 9.91. The number of hydrogen-bond acceptors (Lipinski definition) is 4. The molecule has 5 heteroatoms. The van der Waals surface area contributed by atoms with E-state index in [1.165, 1.54) is 0 Å². The van der Waals surface area contributed by atoms with Crippen molar-refractivity contribution >= 4 is 11.6 Å². The number of ether oxygens (including phenoxy) is 1. The summed E-state index contributed by atoms with van der Waals surface area (Å²) in [6, 6.07) is 7.73. The Morgan fingerprint density at radius 3 is 2.36 bits per heavy atom. The molecule has 0 atom stereocenters. The summed E-state index contributed by atoms with van der Waals surface area (Å²) >= 11 is 0. The zero-order chi connectivity index (χ0) is 16.2. The van der Waals surface area contributed by atoms with Gasteiger partial charge < -0.3 is 19.6 Å². The van der Waals surface area contributed by atoms with E-state index in [1.54, 1.807) is 7.11 Å². The van der Waals surface area contributed by atoms with Crippen molar-refractivity contribution in [3.05, 3.63) is 29.8 Å². The van der Waals surface area contributed by atoms with Gasteiger partial charge in [-0.15, -0.1) is 0 Å². The molecule has 0 bridgehead atoms. The van der Waals surface area contributed by atoms with Crippen molar-refractivity contribution in [2.75, 3.05) is 45.3 Å². The molecule has 1 N–H and O–H groups in total. The molecule has 1 saturated heterocycles. The largest absolute Gasteiger partial charge is 0.393 e. The van der Waals surface area contributed by atoms with E-state index in [-0.39, 0.29) is 12.5 Å². The van der Waals surface area contributed by atoms with Crippen molar-refractivity contribution in [2.24, 2.45) is 0 Å². The zero-order valence-corrected chi connectivity index (χ0v) is 13.7. The minimum atomic E-state index is -0.482. The Balaban J connectivity index is 2.01. The van der Waals surface area contributed by atoms with Gasteiger partial charge in [-0.3, -0.25) is 4.79 Å². The summed E-state index contributed by atoms with van der Waals surface area (Å²) in [6.07, 6.45) is 1.34. The van der Waals surface area contributed by atoms with Crippen LogP contribution >= 0.6 is 0 Å². The summed E-state index contributed by atoms with van der Waals surface area (Å²) in [5, 5.41) is 9.46. The fraction of sp³-hybridized carbons (Fsp3) is 0.588. The van der Waals surface area contributed by atoms with Crippen LogP contribution in [-0.2, 0) is 4.74 Å². The van der Waals surface area contributed by atoms with Crippen LogP contribution in [0.2, 0.25) is 0 Å². The molecule has 5 nitrogen and oxygen atoms in total. The molecule has 0 saturated carbocycles. The number of aliphatic hydroxyl groups excluding tert-OH is 1. The number of hydrogen-bond donors (Lipinski definition) is 1. The molecule has 122 valence electrons. The predicted molar refractivity (Wildman–Crippen MR) is 87.3 cm³/mol. The first kappa shape index (κ1) is 16.8. The van der Waals surface area contributed by atoms with Gasteiger partial charge in [-0.05, 0) is 44.0 Å². The van der Waals surface area contributed by atoms with Crippen LogP contribution in [0.4, 0.5) is 5.69 Å². The van der Waals surface area contributed by atoms with E-state index >= 15 is 0 Å². The Morgan fingerprint density at radius 1 is 1.32 bits per heavy atom. The van der Waals surface area contributed by atoms with Gasteiger partial charge in [0.1, 0.15) is 0 Å². The van der Waals surface area contributed by atoms with Crippen LogP contribution in [0.15, 0.2) is 24.3 Å². The van der Waals surface area contributed by atoms with Gasteiger partial charge in [-0.2, -0.15) is 0 Å². The average Bonchev–Trinajstić information content (AvgIpc) is 2.60. The lowest BCUT2D eigenvalue weighted by molar-refractivity contribution is -0.0845. The molecule has 0 unspecified atom stereocenters. The van der Waals surface area contributed by atoms with Crippen molar-refractivity contribution in [3.8, 4) is 0 Å². The summed E-state index contributed by atoms with van der Waals surface area (Å²) in [5.41, 5.74) is 1.34. The molecule has 1 aromatic rings. The number of likely N-dealkylation sites (tertiary alicyclic amines) is 1. The topological polar surface area (TPSA) is 53.0 Å². The Bertz CT molecular complexity index is 487. The molecule has 1 heterocycles. The number of methoxy groups -OCH3 is 1. The third kappa shape index (κ3) is 3.42. The van der Waals surface area contributed by atoms with Gasteiger partial charge in [-0.25, -0.2) is 0 Å². The summed E-state index contributed by atoms with van der Waals surface area (Å²) in [7, 11) is 3.65. The Morgan fingerprint density at radius 2 is 1.91 bits per heavy atom. The maximum absolute atomic E-state index is 12.5. The van der Waals surface area contributed by atoms with Crippen LogP contribution in [0.1, 0.15) is 30.1 Å². The van der Waals surface area contributed by atoms with Gasteiger partial charge >= 0.3 is 0 Å². The summed E-state index contributed by atoms with van der Waals surface area (Å²) in [5.74, 6) is 0.0494. The highest BCUT2D eigenvalue weighted by molar-refractivity contribution is 5.94. The number of amides is 1.